The number of hydrogen-bond acceptors (Lipinski definition) is 2. The monoisotopic (exact) mass is 306 g/mol. The molecule has 0 aliphatic rings. The van der Waals surface area contributed by atoms with Gasteiger partial charge in [-0.3, -0.25) is 4.79 Å². The average molecular weight is 308 g/mol. The average Bonchev–Trinajstić information content (AvgIpc) is 2.17. The van der Waals surface area contributed by atoms with E-state index >= 15 is 0 Å². The van der Waals surface area contributed by atoms with Gasteiger partial charge in [0.05, 0.1) is 12.0 Å². The minimum Gasteiger partial charge on any atom is -0.481 e. The van der Waals surface area contributed by atoms with Crippen molar-refractivity contribution in [2.45, 2.75) is 19.4 Å². The van der Waals surface area contributed by atoms with Gasteiger partial charge in [-0.2, -0.15) is 0 Å². The van der Waals surface area contributed by atoms with Crippen molar-refractivity contribution in [3.63, 3.8) is 0 Å². The zero-order valence-corrected chi connectivity index (χ0v) is 11.0. The number of carbonyl (C=O) groups is 1. The highest BCUT2D eigenvalue weighted by molar-refractivity contribution is 9.10. The molecule has 0 saturated carbocycles. The van der Waals surface area contributed by atoms with Crippen LogP contribution in [0.1, 0.15) is 25.0 Å². The summed E-state index contributed by atoms with van der Waals surface area (Å²) >= 11 is 9.03. The van der Waals surface area contributed by atoms with Crippen LogP contribution in [0.4, 0.5) is 0 Å². The molecule has 2 atom stereocenters. The topological polar surface area (TPSA) is 57.5 Å². The van der Waals surface area contributed by atoms with Gasteiger partial charge >= 0.3 is 5.97 Å². The molecule has 3 nitrogen and oxygen atoms in total. The van der Waals surface area contributed by atoms with Gasteiger partial charge < -0.3 is 10.2 Å². The Morgan fingerprint density at radius 1 is 1.56 bits per heavy atom. The van der Waals surface area contributed by atoms with E-state index in [1.807, 2.05) is 0 Å². The molecule has 0 aromatic heterocycles. The Bertz CT molecular complexity index is 395. The number of aliphatic carboxylic acids is 1. The van der Waals surface area contributed by atoms with Crippen LogP contribution in [-0.4, -0.2) is 16.2 Å². The lowest BCUT2D eigenvalue weighted by atomic mass is 9.94. The van der Waals surface area contributed by atoms with Gasteiger partial charge in [-0.1, -0.05) is 40.5 Å². The first-order valence-corrected chi connectivity index (χ1v) is 6.00. The van der Waals surface area contributed by atoms with E-state index in [0.717, 1.165) is 0 Å². The molecule has 0 heterocycles. The van der Waals surface area contributed by atoms with E-state index in [0.29, 0.717) is 21.5 Å². The van der Waals surface area contributed by atoms with Crippen LogP contribution in [0.2, 0.25) is 5.02 Å². The molecule has 2 N–H and O–H groups in total. The van der Waals surface area contributed by atoms with Crippen molar-refractivity contribution in [2.75, 3.05) is 0 Å². The molecule has 0 radical (unpaired) electrons. The number of aliphatic hydroxyl groups excluding tert-OH is 1. The van der Waals surface area contributed by atoms with Crippen LogP contribution >= 0.6 is 27.5 Å². The van der Waals surface area contributed by atoms with Crippen molar-refractivity contribution in [2.24, 2.45) is 5.92 Å². The van der Waals surface area contributed by atoms with Crippen molar-refractivity contribution >= 4 is 33.5 Å². The van der Waals surface area contributed by atoms with Gasteiger partial charge in [0.25, 0.3) is 0 Å². The fourth-order valence-corrected chi connectivity index (χ4v) is 2.41. The first kappa shape index (κ1) is 13.5. The van der Waals surface area contributed by atoms with Gasteiger partial charge in [0.15, 0.2) is 0 Å². The molecule has 0 spiro atoms. The van der Waals surface area contributed by atoms with E-state index in [-0.39, 0.29) is 0 Å². The lowest BCUT2D eigenvalue weighted by Gasteiger charge is -2.19. The van der Waals surface area contributed by atoms with E-state index in [1.165, 1.54) is 0 Å². The maximum Gasteiger partial charge on any atom is 0.309 e. The highest BCUT2D eigenvalue weighted by Crippen LogP contribution is 2.32. The maximum absolute atomic E-state index is 10.9. The third-order valence-corrected chi connectivity index (χ3v) is 3.34. The third-order valence-electron chi connectivity index (χ3n) is 2.42. The number of rotatable bonds is 4. The molecule has 0 aliphatic heterocycles. The first-order valence-electron chi connectivity index (χ1n) is 4.83. The smallest absolute Gasteiger partial charge is 0.309 e. The fraction of sp³-hybridized carbons (Fsp3) is 0.364. The second-order valence-corrected chi connectivity index (χ2v) is 4.75. The minimum absolute atomic E-state index is 0.367. The largest absolute Gasteiger partial charge is 0.481 e. The van der Waals surface area contributed by atoms with Crippen molar-refractivity contribution in [1.29, 1.82) is 0 Å². The fourth-order valence-electron chi connectivity index (χ4n) is 1.49. The third kappa shape index (κ3) is 2.97. The van der Waals surface area contributed by atoms with Crippen LogP contribution < -0.4 is 0 Å². The Morgan fingerprint density at radius 3 is 2.62 bits per heavy atom. The highest BCUT2D eigenvalue weighted by atomic mass is 79.9. The van der Waals surface area contributed by atoms with E-state index in [4.69, 9.17) is 16.7 Å². The predicted molar refractivity (Wildman–Crippen MR) is 65.5 cm³/mol. The number of carboxylic acid groups (broad SMARTS) is 1. The van der Waals surface area contributed by atoms with E-state index in [1.54, 1.807) is 25.1 Å². The van der Waals surface area contributed by atoms with E-state index < -0.39 is 18.0 Å². The molecule has 0 saturated heterocycles. The number of aliphatic hydroxyl groups is 1. The van der Waals surface area contributed by atoms with Crippen molar-refractivity contribution in [1.82, 2.24) is 0 Å². The molecule has 0 aliphatic carbocycles. The Balaban J connectivity index is 3.03. The van der Waals surface area contributed by atoms with Crippen molar-refractivity contribution in [3.05, 3.63) is 33.3 Å². The Morgan fingerprint density at radius 2 is 2.19 bits per heavy atom. The minimum atomic E-state index is -1.03. The lowest BCUT2D eigenvalue weighted by Crippen LogP contribution is -2.21. The molecule has 88 valence electrons. The zero-order chi connectivity index (χ0) is 12.3. The Labute approximate surface area is 107 Å². The van der Waals surface area contributed by atoms with Gasteiger partial charge in [-0.05, 0) is 24.1 Å². The van der Waals surface area contributed by atoms with Crippen LogP contribution in [0.5, 0.6) is 0 Å². The normalized spacial score (nSPS) is 14.5. The molecule has 5 heteroatoms. The summed E-state index contributed by atoms with van der Waals surface area (Å²) in [6.07, 6.45) is -0.667. The van der Waals surface area contributed by atoms with Gasteiger partial charge in [0.2, 0.25) is 0 Å². The zero-order valence-electron chi connectivity index (χ0n) is 8.65. The van der Waals surface area contributed by atoms with Crippen molar-refractivity contribution in [3.8, 4) is 0 Å². The summed E-state index contributed by atoms with van der Waals surface area (Å²) in [7, 11) is 0. The number of carboxylic acids is 1. The molecular formula is C11H12BrClO3. The summed E-state index contributed by atoms with van der Waals surface area (Å²) in [5.74, 6) is -1.81. The summed E-state index contributed by atoms with van der Waals surface area (Å²) in [6.45, 7) is 1.73. The molecule has 0 amide bonds. The molecule has 0 bridgehead atoms. The van der Waals surface area contributed by atoms with Gasteiger partial charge in [0.1, 0.15) is 0 Å². The number of hydrogen-bond donors (Lipinski definition) is 2. The second kappa shape index (κ2) is 5.66. The first-order chi connectivity index (χ1) is 7.47. The van der Waals surface area contributed by atoms with Gasteiger partial charge in [-0.15, -0.1) is 0 Å². The molecule has 0 fully saturated rings. The van der Waals surface area contributed by atoms with Crippen LogP contribution in [-0.2, 0) is 4.79 Å². The summed E-state index contributed by atoms with van der Waals surface area (Å²) in [5, 5.41) is 19.5. The number of benzene rings is 1. The maximum atomic E-state index is 10.9. The Kier molecular flexibility index (Phi) is 4.77. The van der Waals surface area contributed by atoms with E-state index in [2.05, 4.69) is 15.9 Å². The molecule has 2 unspecified atom stereocenters. The summed E-state index contributed by atoms with van der Waals surface area (Å²) in [4.78, 5) is 10.9. The standard InChI is InChI=1S/C11H12BrClO3/c1-2-7(11(15)16)10(14)8-4-3-6(13)5-9(8)12/h3-5,7,10,14H,2H2,1H3,(H,15,16). The quantitative estimate of drug-likeness (QED) is 0.898. The van der Waals surface area contributed by atoms with Crippen LogP contribution in [0.3, 0.4) is 0 Å². The lowest BCUT2D eigenvalue weighted by molar-refractivity contribution is -0.146. The SMILES string of the molecule is CCC(C(=O)O)C(O)c1ccc(Cl)cc1Br. The van der Waals surface area contributed by atoms with Crippen LogP contribution in [0, 0.1) is 5.92 Å². The molecule has 1 rings (SSSR count). The van der Waals surface area contributed by atoms with Gasteiger partial charge in [-0.25, -0.2) is 0 Å². The second-order valence-electron chi connectivity index (χ2n) is 3.46. The summed E-state index contributed by atoms with van der Waals surface area (Å²) in [6, 6.07) is 4.89. The number of halogens is 2. The molecule has 1 aromatic rings. The van der Waals surface area contributed by atoms with Crippen LogP contribution in [0.15, 0.2) is 22.7 Å². The molecular weight excluding hydrogens is 295 g/mol. The van der Waals surface area contributed by atoms with Crippen molar-refractivity contribution < 1.29 is 15.0 Å². The van der Waals surface area contributed by atoms with Gasteiger partial charge in [0, 0.05) is 9.50 Å². The predicted octanol–water partition coefficient (Wildman–Crippen LogP) is 3.25. The summed E-state index contributed by atoms with van der Waals surface area (Å²) < 4.78 is 0.618. The summed E-state index contributed by atoms with van der Waals surface area (Å²) in [5.41, 5.74) is 0.540. The highest BCUT2D eigenvalue weighted by Gasteiger charge is 2.27. The Hall–Kier alpha value is -0.580. The molecule has 1 aromatic carbocycles. The van der Waals surface area contributed by atoms with Crippen LogP contribution in [0.25, 0.3) is 0 Å². The molecule has 16 heavy (non-hydrogen) atoms. The van der Waals surface area contributed by atoms with E-state index in [9.17, 15) is 9.90 Å².